The minimum Gasteiger partial charge on any atom is -0.489 e. The number of carbonyl (C=O) groups is 1. The lowest BCUT2D eigenvalue weighted by molar-refractivity contribution is 0.0948. The van der Waals surface area contributed by atoms with Crippen LogP contribution in [0.1, 0.15) is 49.8 Å². The van der Waals surface area contributed by atoms with Crippen molar-refractivity contribution in [3.8, 4) is 5.75 Å². The maximum atomic E-state index is 12.2. The molecule has 1 aromatic carbocycles. The maximum Gasteiger partial charge on any atom is 0.270 e. The normalized spacial score (nSPS) is 10.6. The minimum atomic E-state index is -0.186. The SMILES string of the molecule is CCCCNC(=O)c1cc(C)nc(Nc2ccccc2OC(C)C)n1. The van der Waals surface area contributed by atoms with Crippen molar-refractivity contribution >= 4 is 17.5 Å². The van der Waals surface area contributed by atoms with E-state index in [-0.39, 0.29) is 12.0 Å². The molecule has 1 amide bonds. The molecule has 2 N–H and O–H groups in total. The van der Waals surface area contributed by atoms with Crippen molar-refractivity contribution in [1.82, 2.24) is 15.3 Å². The van der Waals surface area contributed by atoms with Crippen LogP contribution in [0.25, 0.3) is 0 Å². The highest BCUT2D eigenvalue weighted by Crippen LogP contribution is 2.27. The number of unbranched alkanes of at least 4 members (excludes halogenated alkanes) is 1. The Morgan fingerprint density at radius 1 is 1.24 bits per heavy atom. The number of nitrogens with one attached hydrogen (secondary N) is 2. The Labute approximate surface area is 149 Å². The van der Waals surface area contributed by atoms with E-state index in [9.17, 15) is 4.79 Å². The summed E-state index contributed by atoms with van der Waals surface area (Å²) in [7, 11) is 0. The van der Waals surface area contributed by atoms with Gasteiger partial charge in [0.15, 0.2) is 0 Å². The molecule has 0 unspecified atom stereocenters. The molecule has 1 heterocycles. The van der Waals surface area contributed by atoms with Crippen molar-refractivity contribution in [2.45, 2.75) is 46.6 Å². The lowest BCUT2D eigenvalue weighted by Gasteiger charge is -2.15. The number of anilines is 2. The second-order valence-electron chi connectivity index (χ2n) is 6.12. The van der Waals surface area contributed by atoms with Gasteiger partial charge in [-0.1, -0.05) is 25.5 Å². The molecule has 0 fully saturated rings. The smallest absolute Gasteiger partial charge is 0.270 e. The van der Waals surface area contributed by atoms with Crippen LogP contribution in [-0.4, -0.2) is 28.5 Å². The van der Waals surface area contributed by atoms with E-state index >= 15 is 0 Å². The summed E-state index contributed by atoms with van der Waals surface area (Å²) < 4.78 is 5.79. The average molecular weight is 342 g/mol. The van der Waals surface area contributed by atoms with E-state index < -0.39 is 0 Å². The Bertz CT molecular complexity index is 716. The quantitative estimate of drug-likeness (QED) is 0.713. The third-order valence-electron chi connectivity index (χ3n) is 3.40. The van der Waals surface area contributed by atoms with Gasteiger partial charge in [-0.3, -0.25) is 4.79 Å². The number of ether oxygens (including phenoxy) is 1. The van der Waals surface area contributed by atoms with E-state index in [1.807, 2.05) is 45.0 Å². The number of benzene rings is 1. The van der Waals surface area contributed by atoms with E-state index in [1.54, 1.807) is 6.07 Å². The van der Waals surface area contributed by atoms with Crippen LogP contribution in [0.4, 0.5) is 11.6 Å². The minimum absolute atomic E-state index is 0.0567. The number of nitrogens with zero attached hydrogens (tertiary/aromatic N) is 2. The molecule has 0 aliphatic carbocycles. The first-order valence-electron chi connectivity index (χ1n) is 8.66. The van der Waals surface area contributed by atoms with Crippen LogP contribution in [0, 0.1) is 6.92 Å². The van der Waals surface area contributed by atoms with Gasteiger partial charge in [-0.05, 0) is 45.4 Å². The number of aryl methyl sites for hydroxylation is 1. The Hall–Kier alpha value is -2.63. The first kappa shape index (κ1) is 18.7. The van der Waals surface area contributed by atoms with Gasteiger partial charge in [0, 0.05) is 12.2 Å². The maximum absolute atomic E-state index is 12.2. The fourth-order valence-electron chi connectivity index (χ4n) is 2.26. The number of amides is 1. The van der Waals surface area contributed by atoms with Gasteiger partial charge in [0.2, 0.25) is 5.95 Å². The second kappa shape index (κ2) is 9.01. The van der Waals surface area contributed by atoms with Gasteiger partial charge in [0.1, 0.15) is 11.4 Å². The van der Waals surface area contributed by atoms with E-state index in [1.165, 1.54) is 0 Å². The molecule has 0 saturated heterocycles. The second-order valence-corrected chi connectivity index (χ2v) is 6.12. The Morgan fingerprint density at radius 2 is 2.00 bits per heavy atom. The zero-order chi connectivity index (χ0) is 18.2. The lowest BCUT2D eigenvalue weighted by atomic mass is 10.3. The monoisotopic (exact) mass is 342 g/mol. The van der Waals surface area contributed by atoms with Crippen molar-refractivity contribution in [2.24, 2.45) is 0 Å². The van der Waals surface area contributed by atoms with Crippen LogP contribution in [0.2, 0.25) is 0 Å². The van der Waals surface area contributed by atoms with Crippen LogP contribution in [0.3, 0.4) is 0 Å². The average Bonchev–Trinajstić information content (AvgIpc) is 2.56. The Balaban J connectivity index is 2.19. The number of rotatable bonds is 8. The molecule has 25 heavy (non-hydrogen) atoms. The molecular formula is C19H26N4O2. The van der Waals surface area contributed by atoms with E-state index in [2.05, 4.69) is 27.5 Å². The zero-order valence-corrected chi connectivity index (χ0v) is 15.3. The molecule has 2 aromatic rings. The zero-order valence-electron chi connectivity index (χ0n) is 15.3. The number of aromatic nitrogens is 2. The summed E-state index contributed by atoms with van der Waals surface area (Å²) in [6.07, 6.45) is 2.03. The molecule has 134 valence electrons. The van der Waals surface area contributed by atoms with E-state index in [0.29, 0.717) is 18.2 Å². The summed E-state index contributed by atoms with van der Waals surface area (Å²) in [6.45, 7) is 8.51. The summed E-state index contributed by atoms with van der Waals surface area (Å²) in [5.74, 6) is 0.908. The molecule has 1 aromatic heterocycles. The van der Waals surface area contributed by atoms with Crippen molar-refractivity contribution in [3.63, 3.8) is 0 Å². The summed E-state index contributed by atoms with van der Waals surface area (Å²) in [5.41, 5.74) is 1.84. The van der Waals surface area contributed by atoms with Gasteiger partial charge in [0.05, 0.1) is 11.8 Å². The number of para-hydroxylation sites is 2. The molecule has 0 spiro atoms. The van der Waals surface area contributed by atoms with Gasteiger partial charge in [-0.2, -0.15) is 0 Å². The third-order valence-corrected chi connectivity index (χ3v) is 3.40. The van der Waals surface area contributed by atoms with Gasteiger partial charge in [-0.25, -0.2) is 9.97 Å². The van der Waals surface area contributed by atoms with Gasteiger partial charge in [0.25, 0.3) is 5.91 Å². The highest BCUT2D eigenvalue weighted by Gasteiger charge is 2.12. The largest absolute Gasteiger partial charge is 0.489 e. The number of hydrogen-bond donors (Lipinski definition) is 2. The van der Waals surface area contributed by atoms with Gasteiger partial charge < -0.3 is 15.4 Å². The summed E-state index contributed by atoms with van der Waals surface area (Å²) >= 11 is 0. The number of carbonyl (C=O) groups excluding carboxylic acids is 1. The standard InChI is InChI=1S/C19H26N4O2/c1-5-6-11-20-18(24)16-12-14(4)21-19(23-16)22-15-9-7-8-10-17(15)25-13(2)3/h7-10,12-13H,5-6,11H2,1-4H3,(H,20,24)(H,21,22,23). The number of hydrogen-bond acceptors (Lipinski definition) is 5. The summed E-state index contributed by atoms with van der Waals surface area (Å²) in [5, 5.41) is 6.03. The lowest BCUT2D eigenvalue weighted by Crippen LogP contribution is -2.25. The predicted octanol–water partition coefficient (Wildman–Crippen LogP) is 3.85. The van der Waals surface area contributed by atoms with Crippen LogP contribution < -0.4 is 15.4 Å². The Kier molecular flexibility index (Phi) is 6.74. The highest BCUT2D eigenvalue weighted by molar-refractivity contribution is 5.92. The summed E-state index contributed by atoms with van der Waals surface area (Å²) in [6, 6.07) is 9.28. The molecule has 2 rings (SSSR count). The first-order chi connectivity index (χ1) is 12.0. The molecule has 0 aliphatic rings. The summed E-state index contributed by atoms with van der Waals surface area (Å²) in [4.78, 5) is 20.9. The van der Waals surface area contributed by atoms with Crippen LogP contribution in [-0.2, 0) is 0 Å². The molecule has 0 atom stereocenters. The Morgan fingerprint density at radius 3 is 2.72 bits per heavy atom. The van der Waals surface area contributed by atoms with Gasteiger partial charge in [-0.15, -0.1) is 0 Å². The topological polar surface area (TPSA) is 76.1 Å². The molecular weight excluding hydrogens is 316 g/mol. The van der Waals surface area contributed by atoms with E-state index in [4.69, 9.17) is 4.74 Å². The molecule has 0 aliphatic heterocycles. The van der Waals surface area contributed by atoms with Crippen molar-refractivity contribution in [2.75, 3.05) is 11.9 Å². The van der Waals surface area contributed by atoms with Crippen molar-refractivity contribution < 1.29 is 9.53 Å². The highest BCUT2D eigenvalue weighted by atomic mass is 16.5. The van der Waals surface area contributed by atoms with Crippen molar-refractivity contribution in [1.29, 1.82) is 0 Å². The molecule has 6 heteroatoms. The first-order valence-corrected chi connectivity index (χ1v) is 8.66. The third kappa shape index (κ3) is 5.74. The van der Waals surface area contributed by atoms with E-state index in [0.717, 1.165) is 30.0 Å². The van der Waals surface area contributed by atoms with Crippen molar-refractivity contribution in [3.05, 3.63) is 41.7 Å². The molecule has 0 bridgehead atoms. The fourth-order valence-corrected chi connectivity index (χ4v) is 2.26. The molecule has 0 saturated carbocycles. The molecule has 6 nitrogen and oxygen atoms in total. The molecule has 0 radical (unpaired) electrons. The van der Waals surface area contributed by atoms with Crippen LogP contribution in [0.5, 0.6) is 5.75 Å². The van der Waals surface area contributed by atoms with Crippen LogP contribution >= 0.6 is 0 Å². The fraction of sp³-hybridized carbons (Fsp3) is 0.421. The van der Waals surface area contributed by atoms with Crippen LogP contribution in [0.15, 0.2) is 30.3 Å². The predicted molar refractivity (Wildman–Crippen MR) is 99.5 cm³/mol. The van der Waals surface area contributed by atoms with Gasteiger partial charge >= 0.3 is 0 Å².